The zero-order valence-electron chi connectivity index (χ0n) is 13.4. The van der Waals surface area contributed by atoms with Crippen LogP contribution in [0, 0.1) is 5.92 Å². The number of methoxy groups -OCH3 is 1. The summed E-state index contributed by atoms with van der Waals surface area (Å²) >= 11 is 0. The number of ether oxygens (including phenoxy) is 1. The number of fused-ring (bicyclic) bond motifs is 1. The third-order valence-electron chi connectivity index (χ3n) is 4.56. The molecule has 0 unspecified atom stereocenters. The first-order chi connectivity index (χ1) is 11.5. The number of carbonyl (C=O) groups is 1. The van der Waals surface area contributed by atoms with E-state index < -0.39 is 12.0 Å². The Labute approximate surface area is 138 Å². The lowest BCUT2D eigenvalue weighted by atomic mass is 9.94. The summed E-state index contributed by atoms with van der Waals surface area (Å²) in [6.45, 7) is 0.399. The predicted octanol–water partition coefficient (Wildman–Crippen LogP) is 0.352. The fourth-order valence-electron chi connectivity index (χ4n) is 3.03. The van der Waals surface area contributed by atoms with Crippen LogP contribution in [0.5, 0.6) is 5.75 Å². The Bertz CT molecular complexity index is 816. The second kappa shape index (κ2) is 6.62. The number of nitrogens with zero attached hydrogens (tertiary/aromatic N) is 1. The molecule has 0 aliphatic carbocycles. The monoisotopic (exact) mass is 332 g/mol. The van der Waals surface area contributed by atoms with Crippen molar-refractivity contribution in [3.63, 3.8) is 0 Å². The Hall–Kier alpha value is -2.38. The van der Waals surface area contributed by atoms with Crippen molar-refractivity contribution >= 4 is 16.8 Å². The Morgan fingerprint density at radius 1 is 1.46 bits per heavy atom. The number of hydrogen-bond acceptors (Lipinski definition) is 5. The summed E-state index contributed by atoms with van der Waals surface area (Å²) in [6.07, 6.45) is 1.12. The molecule has 0 spiro atoms. The van der Waals surface area contributed by atoms with Gasteiger partial charge in [-0.1, -0.05) is 0 Å². The lowest BCUT2D eigenvalue weighted by Crippen LogP contribution is -2.48. The number of amides is 1. The fraction of sp³-hybridized carbons (Fsp3) is 0.412. The number of β-amino-alcohol motifs (C(OH)–C–C–N with tert-alkyl or cyclic N) is 1. The van der Waals surface area contributed by atoms with Crippen LogP contribution in [-0.2, 0) is 0 Å². The SMILES string of the molecule is COc1ccc2[nH]cc(C(=O)N3CC[C@H](CO)[C@@H](O)C3)c(=O)c2c1. The molecule has 1 aliphatic rings. The van der Waals surface area contributed by atoms with Crippen LogP contribution >= 0.6 is 0 Å². The van der Waals surface area contributed by atoms with Gasteiger partial charge in [-0.05, 0) is 24.6 Å². The van der Waals surface area contributed by atoms with Crippen LogP contribution in [0.15, 0.2) is 29.2 Å². The third kappa shape index (κ3) is 2.88. The fourth-order valence-corrected chi connectivity index (χ4v) is 3.03. The van der Waals surface area contributed by atoms with E-state index in [0.29, 0.717) is 29.6 Å². The first-order valence-electron chi connectivity index (χ1n) is 7.82. The van der Waals surface area contributed by atoms with Crippen LogP contribution in [0.3, 0.4) is 0 Å². The van der Waals surface area contributed by atoms with Gasteiger partial charge in [0.2, 0.25) is 5.43 Å². The van der Waals surface area contributed by atoms with Crippen molar-refractivity contribution in [2.75, 3.05) is 26.8 Å². The molecule has 24 heavy (non-hydrogen) atoms. The number of aromatic amines is 1. The van der Waals surface area contributed by atoms with Gasteiger partial charge in [0.15, 0.2) is 0 Å². The number of likely N-dealkylation sites (tertiary alicyclic amines) is 1. The second-order valence-corrected chi connectivity index (χ2v) is 5.99. The van der Waals surface area contributed by atoms with Crippen LogP contribution in [0.25, 0.3) is 10.9 Å². The molecule has 0 saturated carbocycles. The quantitative estimate of drug-likeness (QED) is 0.753. The maximum absolute atomic E-state index is 12.7. The predicted molar refractivity (Wildman–Crippen MR) is 88.2 cm³/mol. The van der Waals surface area contributed by atoms with Crippen molar-refractivity contribution in [3.05, 3.63) is 40.2 Å². The molecule has 1 aromatic heterocycles. The van der Waals surface area contributed by atoms with Gasteiger partial charge < -0.3 is 24.8 Å². The molecule has 7 heteroatoms. The van der Waals surface area contributed by atoms with Crippen molar-refractivity contribution in [3.8, 4) is 5.75 Å². The summed E-state index contributed by atoms with van der Waals surface area (Å²) in [5.41, 5.74) is 0.285. The van der Waals surface area contributed by atoms with Gasteiger partial charge in [-0.2, -0.15) is 0 Å². The van der Waals surface area contributed by atoms with E-state index in [0.717, 1.165) is 0 Å². The summed E-state index contributed by atoms with van der Waals surface area (Å²) in [5.74, 6) is -0.110. The highest BCUT2D eigenvalue weighted by atomic mass is 16.5. The molecule has 7 nitrogen and oxygen atoms in total. The van der Waals surface area contributed by atoms with Crippen molar-refractivity contribution in [1.29, 1.82) is 0 Å². The van der Waals surface area contributed by atoms with E-state index in [9.17, 15) is 19.8 Å². The molecule has 3 N–H and O–H groups in total. The lowest BCUT2D eigenvalue weighted by Gasteiger charge is -2.35. The number of pyridine rings is 1. The van der Waals surface area contributed by atoms with Crippen LogP contribution in [0.2, 0.25) is 0 Å². The van der Waals surface area contributed by atoms with E-state index in [2.05, 4.69) is 4.98 Å². The second-order valence-electron chi connectivity index (χ2n) is 5.99. The zero-order chi connectivity index (χ0) is 17.3. The molecule has 128 valence electrons. The van der Waals surface area contributed by atoms with Crippen LogP contribution in [0.1, 0.15) is 16.8 Å². The van der Waals surface area contributed by atoms with Crippen molar-refractivity contribution in [2.24, 2.45) is 5.92 Å². The van der Waals surface area contributed by atoms with E-state index in [-0.39, 0.29) is 30.1 Å². The summed E-state index contributed by atoms with van der Waals surface area (Å²) in [5, 5.41) is 19.6. The number of piperidine rings is 1. The first-order valence-corrected chi connectivity index (χ1v) is 7.82. The van der Waals surface area contributed by atoms with Crippen molar-refractivity contribution in [1.82, 2.24) is 9.88 Å². The molecular formula is C17H20N2O5. The normalized spacial score (nSPS) is 21.0. The highest BCUT2D eigenvalue weighted by molar-refractivity contribution is 5.97. The zero-order valence-corrected chi connectivity index (χ0v) is 13.4. The largest absolute Gasteiger partial charge is 0.497 e. The minimum Gasteiger partial charge on any atom is -0.497 e. The number of aromatic nitrogens is 1. The molecule has 1 amide bonds. The summed E-state index contributed by atoms with van der Waals surface area (Å²) in [7, 11) is 1.51. The third-order valence-corrected chi connectivity index (χ3v) is 4.56. The van der Waals surface area contributed by atoms with Crippen molar-refractivity contribution in [2.45, 2.75) is 12.5 Å². The topological polar surface area (TPSA) is 103 Å². The van der Waals surface area contributed by atoms with E-state index in [1.54, 1.807) is 18.2 Å². The van der Waals surface area contributed by atoms with Crippen molar-refractivity contribution < 1.29 is 19.7 Å². The molecule has 0 radical (unpaired) electrons. The molecule has 2 aromatic rings. The average Bonchev–Trinajstić information content (AvgIpc) is 2.61. The minimum absolute atomic E-state index is 0.0328. The Morgan fingerprint density at radius 2 is 2.25 bits per heavy atom. The van der Waals surface area contributed by atoms with Gasteiger partial charge in [-0.15, -0.1) is 0 Å². The highest BCUT2D eigenvalue weighted by Gasteiger charge is 2.31. The molecule has 3 rings (SSSR count). The smallest absolute Gasteiger partial charge is 0.259 e. The van der Waals surface area contributed by atoms with E-state index in [1.165, 1.54) is 18.2 Å². The number of aliphatic hydroxyl groups excluding tert-OH is 2. The van der Waals surface area contributed by atoms with E-state index >= 15 is 0 Å². The van der Waals surface area contributed by atoms with Crippen LogP contribution in [-0.4, -0.2) is 58.9 Å². The number of benzene rings is 1. The Balaban J connectivity index is 1.93. The van der Waals surface area contributed by atoms with Crippen LogP contribution < -0.4 is 10.2 Å². The maximum Gasteiger partial charge on any atom is 0.259 e. The summed E-state index contributed by atoms with van der Waals surface area (Å²) < 4.78 is 5.13. The van der Waals surface area contributed by atoms with Gasteiger partial charge in [-0.25, -0.2) is 0 Å². The number of carbonyl (C=O) groups excluding carboxylic acids is 1. The molecule has 1 aromatic carbocycles. The van der Waals surface area contributed by atoms with Gasteiger partial charge in [0, 0.05) is 42.7 Å². The number of aliphatic hydroxyl groups is 2. The molecule has 1 saturated heterocycles. The Kier molecular flexibility index (Phi) is 4.55. The standard InChI is InChI=1S/C17H20N2O5/c1-24-11-2-3-14-12(6-11)16(22)13(7-18-14)17(23)19-5-4-10(9-20)15(21)8-19/h2-3,6-7,10,15,20-21H,4-5,8-9H2,1H3,(H,18,22)/t10-,15+/m1/s1. The van der Waals surface area contributed by atoms with E-state index in [4.69, 9.17) is 4.74 Å². The molecular weight excluding hydrogens is 312 g/mol. The molecule has 2 atom stereocenters. The number of nitrogens with one attached hydrogen (secondary N) is 1. The molecule has 2 heterocycles. The van der Waals surface area contributed by atoms with Gasteiger partial charge >= 0.3 is 0 Å². The lowest BCUT2D eigenvalue weighted by molar-refractivity contribution is 0.000820. The highest BCUT2D eigenvalue weighted by Crippen LogP contribution is 2.20. The average molecular weight is 332 g/mol. The Morgan fingerprint density at radius 3 is 2.92 bits per heavy atom. The van der Waals surface area contributed by atoms with E-state index in [1.807, 2.05) is 0 Å². The summed E-state index contributed by atoms with van der Waals surface area (Å²) in [4.78, 5) is 29.7. The van der Waals surface area contributed by atoms with Gasteiger partial charge in [0.25, 0.3) is 5.91 Å². The number of hydrogen-bond donors (Lipinski definition) is 3. The maximum atomic E-state index is 12.7. The minimum atomic E-state index is -0.785. The molecule has 0 bridgehead atoms. The van der Waals surface area contributed by atoms with Gasteiger partial charge in [-0.3, -0.25) is 9.59 Å². The van der Waals surface area contributed by atoms with Gasteiger partial charge in [0.1, 0.15) is 11.3 Å². The summed E-state index contributed by atoms with van der Waals surface area (Å²) in [6, 6.07) is 5.05. The van der Waals surface area contributed by atoms with Gasteiger partial charge in [0.05, 0.1) is 13.2 Å². The first kappa shape index (κ1) is 16.5. The molecule has 1 aliphatic heterocycles. The van der Waals surface area contributed by atoms with Crippen LogP contribution in [0.4, 0.5) is 0 Å². The molecule has 1 fully saturated rings. The number of H-pyrrole nitrogens is 1. The number of rotatable bonds is 3.